The minimum atomic E-state index is -1.02. The van der Waals surface area contributed by atoms with Crippen LogP contribution in [0.3, 0.4) is 0 Å². The van der Waals surface area contributed by atoms with Gasteiger partial charge in [-0.15, -0.1) is 0 Å². The van der Waals surface area contributed by atoms with Crippen molar-refractivity contribution >= 4 is 23.8 Å². The Balaban J connectivity index is 1.78. The summed E-state index contributed by atoms with van der Waals surface area (Å²) in [7, 11) is 0. The van der Waals surface area contributed by atoms with Crippen molar-refractivity contribution in [3.8, 4) is 0 Å². The number of amides is 2. The van der Waals surface area contributed by atoms with Crippen LogP contribution in [-0.2, 0) is 27.3 Å². The molecule has 0 bridgehead atoms. The van der Waals surface area contributed by atoms with Gasteiger partial charge in [-0.1, -0.05) is 50.2 Å². The number of benzene rings is 2. The van der Waals surface area contributed by atoms with Crippen molar-refractivity contribution in [2.24, 2.45) is 17.8 Å². The van der Waals surface area contributed by atoms with Crippen LogP contribution in [0.15, 0.2) is 48.5 Å². The molecule has 0 fully saturated rings. The van der Waals surface area contributed by atoms with Gasteiger partial charge < -0.3 is 9.84 Å². The Morgan fingerprint density at radius 2 is 1.40 bits per heavy atom. The van der Waals surface area contributed by atoms with E-state index in [-0.39, 0.29) is 30.7 Å². The van der Waals surface area contributed by atoms with Crippen molar-refractivity contribution in [1.29, 1.82) is 0 Å². The molecular weight excluding hydrogens is 446 g/mol. The normalized spacial score (nSPS) is 15.2. The van der Waals surface area contributed by atoms with Gasteiger partial charge in [-0.2, -0.15) is 0 Å². The summed E-state index contributed by atoms with van der Waals surface area (Å²) in [6.45, 7) is 9.26. The zero-order chi connectivity index (χ0) is 25.9. The first kappa shape index (κ1) is 26.1. The van der Waals surface area contributed by atoms with E-state index < -0.39 is 29.4 Å². The van der Waals surface area contributed by atoms with Crippen molar-refractivity contribution < 1.29 is 29.0 Å². The highest BCUT2D eigenvalue weighted by Crippen LogP contribution is 2.29. The number of fused-ring (bicyclic) bond motifs is 1. The number of carboxylic acid groups (broad SMARTS) is 1. The Morgan fingerprint density at radius 1 is 0.886 bits per heavy atom. The molecule has 186 valence electrons. The number of ether oxygens (including phenoxy) is 1. The summed E-state index contributed by atoms with van der Waals surface area (Å²) in [6.07, 6.45) is 0.572. The van der Waals surface area contributed by atoms with E-state index in [4.69, 9.17) is 4.74 Å². The fourth-order valence-electron chi connectivity index (χ4n) is 4.31. The molecule has 1 heterocycles. The monoisotopic (exact) mass is 479 g/mol. The molecule has 1 aliphatic rings. The number of carboxylic acids is 1. The minimum Gasteiger partial charge on any atom is -0.481 e. The smallest absolute Gasteiger partial charge is 0.310 e. The number of hydrogen-bond donors (Lipinski definition) is 1. The summed E-state index contributed by atoms with van der Waals surface area (Å²) >= 11 is 0. The van der Waals surface area contributed by atoms with E-state index in [1.54, 1.807) is 69.3 Å². The van der Waals surface area contributed by atoms with Crippen molar-refractivity contribution in [2.75, 3.05) is 0 Å². The average Bonchev–Trinajstić information content (AvgIpc) is 3.01. The molecule has 0 saturated heterocycles. The van der Waals surface area contributed by atoms with Gasteiger partial charge in [0.25, 0.3) is 11.8 Å². The molecule has 0 aliphatic carbocycles. The molecule has 1 N–H and O–H groups in total. The van der Waals surface area contributed by atoms with Gasteiger partial charge in [0.05, 0.1) is 29.5 Å². The van der Waals surface area contributed by atoms with Gasteiger partial charge in [-0.3, -0.25) is 24.1 Å². The molecule has 2 aromatic rings. The average molecular weight is 480 g/mol. The Bertz CT molecular complexity index is 1080. The van der Waals surface area contributed by atoms with Crippen molar-refractivity contribution in [3.63, 3.8) is 0 Å². The third kappa shape index (κ3) is 6.35. The van der Waals surface area contributed by atoms with Crippen LogP contribution in [0.25, 0.3) is 0 Å². The van der Waals surface area contributed by atoms with Crippen molar-refractivity contribution in [1.82, 2.24) is 4.90 Å². The van der Waals surface area contributed by atoms with Gasteiger partial charge in [-0.25, -0.2) is 0 Å². The SMILES string of the molecule is CC(C)C[C@@H](C(=O)O)C(Cc1ccc(CN2C(=O)c3ccccc3C2=O)cc1)C(=O)OC(C)(C)C. The van der Waals surface area contributed by atoms with Crippen molar-refractivity contribution in [3.05, 3.63) is 70.8 Å². The van der Waals surface area contributed by atoms with Gasteiger partial charge in [0.1, 0.15) is 5.60 Å². The molecule has 2 amide bonds. The maximum absolute atomic E-state index is 13.0. The molecule has 35 heavy (non-hydrogen) atoms. The minimum absolute atomic E-state index is 0.100. The first-order valence-electron chi connectivity index (χ1n) is 11.9. The second kappa shape index (κ2) is 10.4. The highest BCUT2D eigenvalue weighted by atomic mass is 16.6. The van der Waals surface area contributed by atoms with Crippen LogP contribution < -0.4 is 0 Å². The largest absolute Gasteiger partial charge is 0.481 e. The second-order valence-electron chi connectivity index (χ2n) is 10.5. The molecule has 0 saturated carbocycles. The quantitative estimate of drug-likeness (QED) is 0.412. The lowest BCUT2D eigenvalue weighted by molar-refractivity contribution is -0.167. The maximum Gasteiger partial charge on any atom is 0.310 e. The highest BCUT2D eigenvalue weighted by molar-refractivity contribution is 6.21. The summed E-state index contributed by atoms with van der Waals surface area (Å²) in [5, 5.41) is 9.87. The summed E-state index contributed by atoms with van der Waals surface area (Å²) in [4.78, 5) is 51.6. The van der Waals surface area contributed by atoms with Crippen LogP contribution >= 0.6 is 0 Å². The molecule has 3 rings (SSSR count). The molecule has 7 nitrogen and oxygen atoms in total. The zero-order valence-electron chi connectivity index (χ0n) is 20.9. The van der Waals surface area contributed by atoms with Crippen LogP contribution in [0.2, 0.25) is 0 Å². The number of nitrogens with zero attached hydrogens (tertiary/aromatic N) is 1. The van der Waals surface area contributed by atoms with Gasteiger partial charge in [0.15, 0.2) is 0 Å². The number of carbonyl (C=O) groups is 4. The Morgan fingerprint density at radius 3 is 1.86 bits per heavy atom. The fourth-order valence-corrected chi connectivity index (χ4v) is 4.31. The topological polar surface area (TPSA) is 101 Å². The molecule has 0 aromatic heterocycles. The van der Waals surface area contributed by atoms with Crippen LogP contribution in [0, 0.1) is 17.8 Å². The second-order valence-corrected chi connectivity index (χ2v) is 10.5. The third-order valence-electron chi connectivity index (χ3n) is 5.94. The lowest BCUT2D eigenvalue weighted by Gasteiger charge is -2.28. The molecule has 0 spiro atoms. The van der Waals surface area contributed by atoms with E-state index in [9.17, 15) is 24.3 Å². The van der Waals surface area contributed by atoms with E-state index in [1.165, 1.54) is 4.90 Å². The molecule has 7 heteroatoms. The van der Waals surface area contributed by atoms with Crippen molar-refractivity contribution in [2.45, 2.75) is 59.6 Å². The summed E-state index contributed by atoms with van der Waals surface area (Å²) < 4.78 is 5.57. The number of rotatable bonds is 9. The van der Waals surface area contributed by atoms with Crippen LogP contribution in [0.1, 0.15) is 72.9 Å². The third-order valence-corrected chi connectivity index (χ3v) is 5.94. The lowest BCUT2D eigenvalue weighted by Crippen LogP contribution is -2.37. The highest BCUT2D eigenvalue weighted by Gasteiger charge is 2.37. The predicted octanol–water partition coefficient (Wildman–Crippen LogP) is 4.73. The first-order chi connectivity index (χ1) is 16.4. The number of aliphatic carboxylic acids is 1. The van der Waals surface area contributed by atoms with E-state index >= 15 is 0 Å². The van der Waals surface area contributed by atoms with Crippen LogP contribution in [-0.4, -0.2) is 39.4 Å². The van der Waals surface area contributed by atoms with E-state index in [2.05, 4.69) is 0 Å². The van der Waals surface area contributed by atoms with Gasteiger partial charge in [-0.05, 0) is 62.8 Å². The standard InChI is InChI=1S/C28H33NO6/c1-17(2)14-22(26(32)33)23(27(34)35-28(3,4)5)15-18-10-12-19(13-11-18)16-29-24(30)20-8-6-7-9-21(20)25(29)31/h6-13,17,22-23H,14-16H2,1-5H3,(H,32,33)/t22-,23?/m1/s1. The predicted molar refractivity (Wildman–Crippen MR) is 131 cm³/mol. The Labute approximate surface area is 206 Å². The molecule has 1 aliphatic heterocycles. The van der Waals surface area contributed by atoms with Gasteiger partial charge >= 0.3 is 11.9 Å². The molecule has 2 aromatic carbocycles. The van der Waals surface area contributed by atoms with E-state index in [1.807, 2.05) is 13.8 Å². The van der Waals surface area contributed by atoms with Gasteiger partial charge in [0.2, 0.25) is 0 Å². The molecular formula is C28H33NO6. The Kier molecular flexibility index (Phi) is 7.78. The zero-order valence-corrected chi connectivity index (χ0v) is 20.9. The lowest BCUT2D eigenvalue weighted by atomic mass is 9.81. The summed E-state index contributed by atoms with van der Waals surface area (Å²) in [5.41, 5.74) is 1.61. The van der Waals surface area contributed by atoms with Crippen LogP contribution in [0.4, 0.5) is 0 Å². The van der Waals surface area contributed by atoms with E-state index in [0.29, 0.717) is 17.5 Å². The molecule has 2 atom stereocenters. The number of hydrogen-bond acceptors (Lipinski definition) is 5. The van der Waals surface area contributed by atoms with Crippen LogP contribution in [0.5, 0.6) is 0 Å². The Hall–Kier alpha value is -3.48. The molecule has 1 unspecified atom stereocenters. The molecule has 0 radical (unpaired) electrons. The summed E-state index contributed by atoms with van der Waals surface area (Å²) in [5.74, 6) is -3.80. The summed E-state index contributed by atoms with van der Waals surface area (Å²) in [6, 6.07) is 13.9. The first-order valence-corrected chi connectivity index (χ1v) is 11.9. The number of carbonyl (C=O) groups excluding carboxylic acids is 3. The van der Waals surface area contributed by atoms with E-state index in [0.717, 1.165) is 11.1 Å². The number of esters is 1. The van der Waals surface area contributed by atoms with Gasteiger partial charge in [0, 0.05) is 0 Å². The maximum atomic E-state index is 13.0. The fraction of sp³-hybridized carbons (Fsp3) is 0.429. The number of imide groups is 1.